The fourth-order valence-electron chi connectivity index (χ4n) is 1.19. The Labute approximate surface area is 99.1 Å². The second kappa shape index (κ2) is 4.46. The summed E-state index contributed by atoms with van der Waals surface area (Å²) in [5.41, 5.74) is 6.60. The van der Waals surface area contributed by atoms with Crippen molar-refractivity contribution in [2.45, 2.75) is 0 Å². The molecule has 2 rings (SSSR count). The van der Waals surface area contributed by atoms with Crippen LogP contribution in [0.25, 0.3) is 0 Å². The van der Waals surface area contributed by atoms with Crippen molar-refractivity contribution < 1.29 is 13.6 Å². The van der Waals surface area contributed by atoms with Crippen molar-refractivity contribution in [2.24, 2.45) is 0 Å². The van der Waals surface area contributed by atoms with Crippen molar-refractivity contribution in [1.29, 1.82) is 0 Å². The Bertz CT molecular complexity index is 557. The van der Waals surface area contributed by atoms with Crippen molar-refractivity contribution in [3.63, 3.8) is 0 Å². The quantitative estimate of drug-likeness (QED) is 0.809. The number of nitrogen functional groups attached to an aromatic ring is 1. The Kier molecular flexibility index (Phi) is 3.01. The van der Waals surface area contributed by atoms with Gasteiger partial charge in [-0.1, -0.05) is 0 Å². The summed E-state index contributed by atoms with van der Waals surface area (Å²) in [5.74, 6) is -2.76. The van der Waals surface area contributed by atoms with Gasteiger partial charge in [0.15, 0.2) is 11.6 Å². The van der Waals surface area contributed by atoms with Gasteiger partial charge in [-0.3, -0.25) is 4.79 Å². The van der Waals surface area contributed by atoms with Gasteiger partial charge in [0.05, 0.1) is 16.9 Å². The smallest absolute Gasteiger partial charge is 0.275 e. The molecule has 0 bridgehead atoms. The standard InChI is InChI=1S/C10H7F2N3OS/c11-5-1-2-6(9(13)8(5)12)15-10(16)7-3-17-4-14-7/h1-4H,13H2,(H,15,16). The van der Waals surface area contributed by atoms with Crippen LogP contribution < -0.4 is 11.1 Å². The second-order valence-electron chi connectivity index (χ2n) is 3.15. The van der Waals surface area contributed by atoms with Gasteiger partial charge in [0.2, 0.25) is 0 Å². The van der Waals surface area contributed by atoms with Gasteiger partial charge in [-0.2, -0.15) is 0 Å². The molecule has 3 N–H and O–H groups in total. The SMILES string of the molecule is Nc1c(NC(=O)c2cscn2)ccc(F)c1F. The van der Waals surface area contributed by atoms with Gasteiger partial charge in [0, 0.05) is 5.38 Å². The maximum Gasteiger partial charge on any atom is 0.275 e. The highest BCUT2D eigenvalue weighted by Crippen LogP contribution is 2.24. The molecule has 0 aliphatic rings. The maximum atomic E-state index is 13.1. The number of anilines is 2. The second-order valence-corrected chi connectivity index (χ2v) is 3.87. The van der Waals surface area contributed by atoms with Crippen LogP contribution in [-0.4, -0.2) is 10.9 Å². The number of benzene rings is 1. The van der Waals surface area contributed by atoms with Crippen LogP contribution in [0.5, 0.6) is 0 Å². The average molecular weight is 255 g/mol. The summed E-state index contributed by atoms with van der Waals surface area (Å²) in [7, 11) is 0. The highest BCUT2D eigenvalue weighted by atomic mass is 32.1. The first-order valence-electron chi connectivity index (χ1n) is 4.52. The Hall–Kier alpha value is -2.02. The number of thiazole rings is 1. The molecule has 1 heterocycles. The van der Waals surface area contributed by atoms with Crippen molar-refractivity contribution in [2.75, 3.05) is 11.1 Å². The Morgan fingerprint density at radius 2 is 2.18 bits per heavy atom. The van der Waals surface area contributed by atoms with Crippen LogP contribution in [0.3, 0.4) is 0 Å². The largest absolute Gasteiger partial charge is 0.395 e. The lowest BCUT2D eigenvalue weighted by Crippen LogP contribution is -2.14. The van der Waals surface area contributed by atoms with Gasteiger partial charge in [0.25, 0.3) is 5.91 Å². The zero-order valence-corrected chi connectivity index (χ0v) is 9.22. The van der Waals surface area contributed by atoms with Gasteiger partial charge in [-0.05, 0) is 12.1 Å². The first-order chi connectivity index (χ1) is 8.09. The number of hydrogen-bond acceptors (Lipinski definition) is 4. The summed E-state index contributed by atoms with van der Waals surface area (Å²) in [6.45, 7) is 0. The minimum absolute atomic E-state index is 0.0156. The lowest BCUT2D eigenvalue weighted by atomic mass is 10.2. The minimum Gasteiger partial charge on any atom is -0.395 e. The van der Waals surface area contributed by atoms with Crippen LogP contribution in [0.1, 0.15) is 10.5 Å². The van der Waals surface area contributed by atoms with Gasteiger partial charge in [-0.15, -0.1) is 11.3 Å². The summed E-state index contributed by atoms with van der Waals surface area (Å²) in [6.07, 6.45) is 0. The van der Waals surface area contributed by atoms with Crippen LogP contribution in [0, 0.1) is 11.6 Å². The maximum absolute atomic E-state index is 13.1. The first kappa shape index (κ1) is 11.5. The summed E-state index contributed by atoms with van der Waals surface area (Å²) < 4.78 is 25.9. The summed E-state index contributed by atoms with van der Waals surface area (Å²) in [6, 6.07) is 2.08. The predicted octanol–water partition coefficient (Wildman–Crippen LogP) is 2.26. The molecule has 0 saturated carbocycles. The van der Waals surface area contributed by atoms with Crippen LogP contribution in [-0.2, 0) is 0 Å². The lowest BCUT2D eigenvalue weighted by molar-refractivity contribution is 0.102. The molecule has 0 radical (unpaired) electrons. The monoisotopic (exact) mass is 255 g/mol. The molecule has 1 amide bonds. The van der Waals surface area contributed by atoms with Crippen molar-refractivity contribution >= 4 is 28.6 Å². The van der Waals surface area contributed by atoms with E-state index in [4.69, 9.17) is 5.73 Å². The number of aromatic nitrogens is 1. The fourth-order valence-corrected chi connectivity index (χ4v) is 1.72. The van der Waals surface area contributed by atoms with Crippen molar-refractivity contribution in [3.8, 4) is 0 Å². The van der Waals surface area contributed by atoms with Crippen molar-refractivity contribution in [1.82, 2.24) is 4.98 Å². The van der Waals surface area contributed by atoms with E-state index in [9.17, 15) is 13.6 Å². The van der Waals surface area contributed by atoms with Crippen LogP contribution >= 0.6 is 11.3 Å². The third-order valence-electron chi connectivity index (χ3n) is 2.05. The van der Waals surface area contributed by atoms with Crippen LogP contribution in [0.4, 0.5) is 20.2 Å². The molecule has 0 fully saturated rings. The van der Waals surface area contributed by atoms with E-state index < -0.39 is 23.2 Å². The summed E-state index contributed by atoms with van der Waals surface area (Å²) >= 11 is 1.25. The fraction of sp³-hybridized carbons (Fsp3) is 0. The molecule has 1 aromatic carbocycles. The van der Waals surface area contributed by atoms with Gasteiger partial charge in [0.1, 0.15) is 5.69 Å². The Morgan fingerprint density at radius 1 is 1.41 bits per heavy atom. The number of halogens is 2. The third-order valence-corrected chi connectivity index (χ3v) is 2.63. The van der Waals surface area contributed by atoms with E-state index in [1.54, 1.807) is 0 Å². The summed E-state index contributed by atoms with van der Waals surface area (Å²) in [5, 5.41) is 3.89. The molecule has 0 saturated heterocycles. The molecule has 17 heavy (non-hydrogen) atoms. The third kappa shape index (κ3) is 2.23. The molecule has 0 atom stereocenters. The number of hydrogen-bond donors (Lipinski definition) is 2. The number of rotatable bonds is 2. The van der Waals surface area contributed by atoms with Gasteiger partial charge >= 0.3 is 0 Å². The molecule has 88 valence electrons. The predicted molar refractivity (Wildman–Crippen MR) is 60.8 cm³/mol. The van der Waals surface area contributed by atoms with E-state index in [2.05, 4.69) is 10.3 Å². The molecule has 4 nitrogen and oxygen atoms in total. The highest BCUT2D eigenvalue weighted by Gasteiger charge is 2.14. The highest BCUT2D eigenvalue weighted by molar-refractivity contribution is 7.07. The number of carbonyl (C=O) groups is 1. The number of nitrogens with one attached hydrogen (secondary N) is 1. The van der Waals surface area contributed by atoms with E-state index >= 15 is 0 Å². The Balaban J connectivity index is 2.25. The topological polar surface area (TPSA) is 68.0 Å². The Morgan fingerprint density at radius 3 is 2.82 bits per heavy atom. The number of nitrogens with zero attached hydrogens (tertiary/aromatic N) is 1. The lowest BCUT2D eigenvalue weighted by Gasteiger charge is -2.07. The van der Waals surface area contributed by atoms with Crippen LogP contribution in [0.2, 0.25) is 0 Å². The normalized spacial score (nSPS) is 10.2. The zero-order chi connectivity index (χ0) is 12.4. The van der Waals surface area contributed by atoms with E-state index in [1.807, 2.05) is 0 Å². The molecule has 0 spiro atoms. The number of amides is 1. The molecular formula is C10H7F2N3OS. The zero-order valence-electron chi connectivity index (χ0n) is 8.41. The van der Waals surface area contributed by atoms with E-state index in [0.29, 0.717) is 0 Å². The van der Waals surface area contributed by atoms with Crippen LogP contribution in [0.15, 0.2) is 23.0 Å². The van der Waals surface area contributed by atoms with Gasteiger partial charge in [-0.25, -0.2) is 13.8 Å². The van der Waals surface area contributed by atoms with E-state index in [1.165, 1.54) is 28.3 Å². The van der Waals surface area contributed by atoms with Gasteiger partial charge < -0.3 is 11.1 Å². The number of nitrogens with two attached hydrogens (primary N) is 1. The molecule has 0 aliphatic heterocycles. The van der Waals surface area contributed by atoms with E-state index in [0.717, 1.165) is 6.07 Å². The molecule has 2 aromatic rings. The molecule has 7 heteroatoms. The van der Waals surface area contributed by atoms with E-state index in [-0.39, 0.29) is 11.4 Å². The minimum atomic E-state index is -1.18. The summed E-state index contributed by atoms with van der Waals surface area (Å²) in [4.78, 5) is 15.4. The first-order valence-corrected chi connectivity index (χ1v) is 5.47. The molecule has 0 aliphatic carbocycles. The number of carbonyl (C=O) groups excluding carboxylic acids is 1. The van der Waals surface area contributed by atoms with Crippen molar-refractivity contribution in [3.05, 3.63) is 40.4 Å². The molecule has 0 unspecified atom stereocenters. The molecular weight excluding hydrogens is 248 g/mol. The average Bonchev–Trinajstić information content (AvgIpc) is 2.83. The molecule has 1 aromatic heterocycles.